The Balaban J connectivity index is 2.19. The number of aromatic nitrogens is 1. The lowest BCUT2D eigenvalue weighted by atomic mass is 10.1. The molecule has 0 amide bonds. The predicted molar refractivity (Wildman–Crippen MR) is 75.1 cm³/mol. The van der Waals surface area contributed by atoms with Crippen molar-refractivity contribution in [1.82, 2.24) is 4.98 Å². The number of hydrogen-bond donors (Lipinski definition) is 1. The highest BCUT2D eigenvalue weighted by atomic mass is 16.6. The standard InChI is InChI=1S/C15H12N2O2/c1-10-7-12-8-13(11-5-3-2-4-6-11)16-14(12)9-15(10)17(18)19/h2-9,16H,1H3. The van der Waals surface area contributed by atoms with Gasteiger partial charge in [-0.25, -0.2) is 0 Å². The largest absolute Gasteiger partial charge is 0.354 e. The highest BCUT2D eigenvalue weighted by molar-refractivity contribution is 5.88. The average molecular weight is 252 g/mol. The Labute approximate surface area is 109 Å². The number of benzene rings is 2. The highest BCUT2D eigenvalue weighted by Crippen LogP contribution is 2.29. The summed E-state index contributed by atoms with van der Waals surface area (Å²) >= 11 is 0. The van der Waals surface area contributed by atoms with E-state index in [9.17, 15) is 10.1 Å². The van der Waals surface area contributed by atoms with Crippen LogP contribution in [0.4, 0.5) is 5.69 Å². The molecule has 4 heteroatoms. The van der Waals surface area contributed by atoms with Crippen LogP contribution in [0.1, 0.15) is 5.56 Å². The molecule has 0 bridgehead atoms. The zero-order valence-corrected chi connectivity index (χ0v) is 10.4. The molecular formula is C15H12N2O2. The summed E-state index contributed by atoms with van der Waals surface area (Å²) in [5.74, 6) is 0. The van der Waals surface area contributed by atoms with Gasteiger partial charge in [0.05, 0.1) is 10.4 Å². The van der Waals surface area contributed by atoms with E-state index in [1.54, 1.807) is 13.0 Å². The van der Waals surface area contributed by atoms with Crippen LogP contribution in [0.5, 0.6) is 0 Å². The lowest BCUT2D eigenvalue weighted by molar-refractivity contribution is -0.385. The summed E-state index contributed by atoms with van der Waals surface area (Å²) in [4.78, 5) is 13.8. The fourth-order valence-corrected chi connectivity index (χ4v) is 2.25. The molecule has 2 aromatic carbocycles. The van der Waals surface area contributed by atoms with Gasteiger partial charge in [0.25, 0.3) is 5.69 Å². The Morgan fingerprint density at radius 2 is 1.84 bits per heavy atom. The molecule has 3 rings (SSSR count). The second kappa shape index (κ2) is 4.24. The van der Waals surface area contributed by atoms with Crippen LogP contribution in [0, 0.1) is 17.0 Å². The Kier molecular flexibility index (Phi) is 2.56. The van der Waals surface area contributed by atoms with Gasteiger partial charge in [0.15, 0.2) is 0 Å². The molecule has 0 saturated carbocycles. The molecule has 0 aliphatic heterocycles. The molecule has 3 aromatic rings. The first-order valence-corrected chi connectivity index (χ1v) is 5.98. The third kappa shape index (κ3) is 1.97. The van der Waals surface area contributed by atoms with Gasteiger partial charge in [-0.15, -0.1) is 0 Å². The minimum Gasteiger partial charge on any atom is -0.354 e. The van der Waals surface area contributed by atoms with E-state index in [1.807, 2.05) is 42.5 Å². The lowest BCUT2D eigenvalue weighted by Crippen LogP contribution is -1.90. The number of hydrogen-bond acceptors (Lipinski definition) is 2. The van der Waals surface area contributed by atoms with Crippen LogP contribution in [0.15, 0.2) is 48.5 Å². The number of nitrogens with zero attached hydrogens (tertiary/aromatic N) is 1. The third-order valence-electron chi connectivity index (χ3n) is 3.22. The normalized spacial score (nSPS) is 10.8. The lowest BCUT2D eigenvalue weighted by Gasteiger charge is -1.96. The molecule has 0 radical (unpaired) electrons. The van der Waals surface area contributed by atoms with E-state index in [1.165, 1.54) is 0 Å². The van der Waals surface area contributed by atoms with Crippen LogP contribution >= 0.6 is 0 Å². The molecule has 1 heterocycles. The number of nitrogens with one attached hydrogen (secondary N) is 1. The van der Waals surface area contributed by atoms with E-state index < -0.39 is 0 Å². The van der Waals surface area contributed by atoms with E-state index in [0.29, 0.717) is 5.56 Å². The van der Waals surface area contributed by atoms with Gasteiger partial charge in [0, 0.05) is 22.7 Å². The van der Waals surface area contributed by atoms with Crippen LogP contribution in [0.2, 0.25) is 0 Å². The highest BCUT2D eigenvalue weighted by Gasteiger charge is 2.13. The molecule has 0 aliphatic rings. The van der Waals surface area contributed by atoms with E-state index in [-0.39, 0.29) is 10.6 Å². The van der Waals surface area contributed by atoms with E-state index in [0.717, 1.165) is 22.2 Å². The molecule has 0 aliphatic carbocycles. The van der Waals surface area contributed by atoms with Crippen molar-refractivity contribution in [2.24, 2.45) is 0 Å². The Bertz CT molecular complexity index is 760. The SMILES string of the molecule is Cc1cc2cc(-c3ccccc3)[nH]c2cc1[N+](=O)[O-]. The first-order chi connectivity index (χ1) is 9.15. The van der Waals surface area contributed by atoms with E-state index in [4.69, 9.17) is 0 Å². The van der Waals surface area contributed by atoms with Crippen molar-refractivity contribution >= 4 is 16.6 Å². The van der Waals surface area contributed by atoms with Crippen molar-refractivity contribution in [3.8, 4) is 11.3 Å². The minimum atomic E-state index is -0.349. The topological polar surface area (TPSA) is 58.9 Å². The second-order valence-electron chi connectivity index (χ2n) is 4.53. The van der Waals surface area contributed by atoms with Gasteiger partial charge in [-0.2, -0.15) is 0 Å². The number of fused-ring (bicyclic) bond motifs is 1. The summed E-state index contributed by atoms with van der Waals surface area (Å²) < 4.78 is 0. The molecule has 0 unspecified atom stereocenters. The summed E-state index contributed by atoms with van der Waals surface area (Å²) in [5, 5.41) is 11.9. The van der Waals surface area contributed by atoms with Crippen molar-refractivity contribution in [1.29, 1.82) is 0 Å². The molecule has 19 heavy (non-hydrogen) atoms. The molecule has 0 atom stereocenters. The van der Waals surface area contributed by atoms with Gasteiger partial charge in [-0.3, -0.25) is 10.1 Å². The smallest absolute Gasteiger partial charge is 0.274 e. The molecule has 94 valence electrons. The van der Waals surface area contributed by atoms with Crippen molar-refractivity contribution in [2.75, 3.05) is 0 Å². The van der Waals surface area contributed by atoms with Gasteiger partial charge in [-0.1, -0.05) is 30.3 Å². The van der Waals surface area contributed by atoms with Crippen LogP contribution in [-0.4, -0.2) is 9.91 Å². The van der Waals surface area contributed by atoms with Gasteiger partial charge >= 0.3 is 0 Å². The van der Waals surface area contributed by atoms with Crippen LogP contribution in [0.3, 0.4) is 0 Å². The van der Waals surface area contributed by atoms with Gasteiger partial charge in [-0.05, 0) is 24.6 Å². The number of nitro benzene ring substituents is 1. The maximum absolute atomic E-state index is 10.9. The van der Waals surface area contributed by atoms with Crippen LogP contribution < -0.4 is 0 Å². The summed E-state index contributed by atoms with van der Waals surface area (Å²) in [6.07, 6.45) is 0. The number of aromatic amines is 1. The average Bonchev–Trinajstić information content (AvgIpc) is 2.81. The van der Waals surface area contributed by atoms with Crippen molar-refractivity contribution in [3.05, 3.63) is 64.2 Å². The molecule has 0 saturated heterocycles. The Morgan fingerprint density at radius 1 is 1.11 bits per heavy atom. The maximum Gasteiger partial charge on any atom is 0.274 e. The molecule has 1 aromatic heterocycles. The third-order valence-corrected chi connectivity index (χ3v) is 3.22. The quantitative estimate of drug-likeness (QED) is 0.552. The van der Waals surface area contributed by atoms with Crippen molar-refractivity contribution < 1.29 is 4.92 Å². The van der Waals surface area contributed by atoms with Crippen LogP contribution in [0.25, 0.3) is 22.2 Å². The fourth-order valence-electron chi connectivity index (χ4n) is 2.25. The Morgan fingerprint density at radius 3 is 2.53 bits per heavy atom. The Hall–Kier alpha value is -2.62. The zero-order valence-electron chi connectivity index (χ0n) is 10.4. The first kappa shape index (κ1) is 11.5. The summed E-state index contributed by atoms with van der Waals surface area (Å²) in [6.45, 7) is 1.76. The van der Waals surface area contributed by atoms with E-state index in [2.05, 4.69) is 4.98 Å². The number of nitro groups is 1. The second-order valence-corrected chi connectivity index (χ2v) is 4.53. The number of aryl methyl sites for hydroxylation is 1. The zero-order chi connectivity index (χ0) is 13.4. The minimum absolute atomic E-state index is 0.147. The summed E-state index contributed by atoms with van der Waals surface area (Å²) in [5.41, 5.74) is 3.65. The predicted octanol–water partition coefficient (Wildman–Crippen LogP) is 4.05. The summed E-state index contributed by atoms with van der Waals surface area (Å²) in [7, 11) is 0. The van der Waals surface area contributed by atoms with Crippen LogP contribution in [-0.2, 0) is 0 Å². The van der Waals surface area contributed by atoms with Gasteiger partial charge in [0.1, 0.15) is 0 Å². The molecule has 0 fully saturated rings. The van der Waals surface area contributed by atoms with Crippen molar-refractivity contribution in [3.63, 3.8) is 0 Å². The first-order valence-electron chi connectivity index (χ1n) is 5.98. The molecule has 1 N–H and O–H groups in total. The van der Waals surface area contributed by atoms with Gasteiger partial charge < -0.3 is 4.98 Å². The van der Waals surface area contributed by atoms with Gasteiger partial charge in [0.2, 0.25) is 0 Å². The molecular weight excluding hydrogens is 240 g/mol. The monoisotopic (exact) mass is 252 g/mol. The summed E-state index contributed by atoms with van der Waals surface area (Å²) in [6, 6.07) is 15.4. The molecule has 4 nitrogen and oxygen atoms in total. The van der Waals surface area contributed by atoms with Crippen molar-refractivity contribution in [2.45, 2.75) is 6.92 Å². The number of H-pyrrole nitrogens is 1. The number of rotatable bonds is 2. The van der Waals surface area contributed by atoms with E-state index >= 15 is 0 Å². The maximum atomic E-state index is 10.9. The molecule has 0 spiro atoms. The fraction of sp³-hybridized carbons (Fsp3) is 0.0667.